The van der Waals surface area contributed by atoms with Crippen LogP contribution in [0.2, 0.25) is 0 Å². The van der Waals surface area contributed by atoms with E-state index in [1.54, 1.807) is 0 Å². The van der Waals surface area contributed by atoms with Crippen LogP contribution in [0.4, 0.5) is 5.69 Å². The SMILES string of the molecule is Cc1cccc(C)c1NC(=O)C[n+]1cccc(C2CCCCC2)c1. The number of hydrogen-bond donors (Lipinski definition) is 1. The van der Waals surface area contributed by atoms with Gasteiger partial charge in [0.05, 0.1) is 0 Å². The average molecular weight is 323 g/mol. The van der Waals surface area contributed by atoms with Crippen LogP contribution < -0.4 is 9.88 Å². The topological polar surface area (TPSA) is 33.0 Å². The Bertz CT molecular complexity index is 697. The lowest BCUT2D eigenvalue weighted by atomic mass is 9.85. The molecule has 1 N–H and O–H groups in total. The van der Waals surface area contributed by atoms with Crippen LogP contribution in [0.1, 0.15) is 54.7 Å². The number of nitrogens with zero attached hydrogens (tertiary/aromatic N) is 1. The van der Waals surface area contributed by atoms with Crippen molar-refractivity contribution in [1.29, 1.82) is 0 Å². The molecule has 0 spiro atoms. The van der Waals surface area contributed by atoms with Crippen molar-refractivity contribution in [2.75, 3.05) is 5.32 Å². The van der Waals surface area contributed by atoms with Crippen molar-refractivity contribution in [2.24, 2.45) is 0 Å². The van der Waals surface area contributed by atoms with E-state index in [4.69, 9.17) is 0 Å². The third-order valence-corrected chi connectivity index (χ3v) is 5.03. The summed E-state index contributed by atoms with van der Waals surface area (Å²) in [4.78, 5) is 12.4. The molecule has 0 bridgehead atoms. The van der Waals surface area contributed by atoms with Crippen LogP contribution in [-0.4, -0.2) is 5.91 Å². The lowest BCUT2D eigenvalue weighted by molar-refractivity contribution is -0.684. The molecule has 1 heterocycles. The molecule has 1 amide bonds. The molecule has 1 aliphatic carbocycles. The number of pyridine rings is 1. The van der Waals surface area contributed by atoms with Crippen molar-refractivity contribution >= 4 is 11.6 Å². The molecule has 0 unspecified atom stereocenters. The van der Waals surface area contributed by atoms with Crippen molar-refractivity contribution in [3.63, 3.8) is 0 Å². The fourth-order valence-electron chi connectivity index (χ4n) is 3.67. The summed E-state index contributed by atoms with van der Waals surface area (Å²) in [6, 6.07) is 10.3. The third-order valence-electron chi connectivity index (χ3n) is 5.03. The maximum Gasteiger partial charge on any atom is 0.290 e. The molecule has 3 nitrogen and oxygen atoms in total. The quantitative estimate of drug-likeness (QED) is 0.837. The van der Waals surface area contributed by atoms with Gasteiger partial charge in [0.15, 0.2) is 12.4 Å². The van der Waals surface area contributed by atoms with Gasteiger partial charge in [0.2, 0.25) is 6.54 Å². The number of amides is 1. The highest BCUT2D eigenvalue weighted by molar-refractivity contribution is 5.91. The smallest absolute Gasteiger partial charge is 0.290 e. The second kappa shape index (κ2) is 7.61. The maximum absolute atomic E-state index is 12.4. The van der Waals surface area contributed by atoms with Crippen molar-refractivity contribution in [1.82, 2.24) is 0 Å². The van der Waals surface area contributed by atoms with E-state index in [9.17, 15) is 4.79 Å². The molecular weight excluding hydrogens is 296 g/mol. The standard InChI is InChI=1S/C21H26N2O/c1-16-8-6-9-17(2)21(16)22-20(24)15-23-13-7-12-19(14-23)18-10-4-3-5-11-18/h6-9,12-14,18H,3-5,10-11,15H2,1-2H3/p+1. The van der Waals surface area contributed by atoms with Gasteiger partial charge in [-0.1, -0.05) is 37.5 Å². The molecule has 2 aromatic rings. The monoisotopic (exact) mass is 323 g/mol. The van der Waals surface area contributed by atoms with Crippen LogP contribution in [0.3, 0.4) is 0 Å². The molecule has 0 radical (unpaired) electrons. The zero-order valence-electron chi connectivity index (χ0n) is 14.7. The zero-order chi connectivity index (χ0) is 16.9. The van der Waals surface area contributed by atoms with Gasteiger partial charge in [0, 0.05) is 17.3 Å². The van der Waals surface area contributed by atoms with E-state index in [0.717, 1.165) is 16.8 Å². The summed E-state index contributed by atoms with van der Waals surface area (Å²) >= 11 is 0. The Morgan fingerprint density at radius 2 is 1.79 bits per heavy atom. The third kappa shape index (κ3) is 4.02. The second-order valence-electron chi connectivity index (χ2n) is 6.96. The molecule has 24 heavy (non-hydrogen) atoms. The van der Waals surface area contributed by atoms with Gasteiger partial charge in [0.1, 0.15) is 0 Å². The van der Waals surface area contributed by atoms with Crippen LogP contribution in [0.25, 0.3) is 0 Å². The molecule has 0 aliphatic heterocycles. The predicted molar refractivity (Wildman–Crippen MR) is 97.0 cm³/mol. The first-order valence-electron chi connectivity index (χ1n) is 8.98. The average Bonchev–Trinajstić information content (AvgIpc) is 2.59. The van der Waals surface area contributed by atoms with E-state index >= 15 is 0 Å². The number of benzene rings is 1. The number of nitrogens with one attached hydrogen (secondary N) is 1. The lowest BCUT2D eigenvalue weighted by Gasteiger charge is -2.20. The summed E-state index contributed by atoms with van der Waals surface area (Å²) in [5.41, 5.74) is 4.51. The minimum atomic E-state index is 0.0261. The first-order valence-corrected chi connectivity index (χ1v) is 8.98. The van der Waals surface area contributed by atoms with Crippen molar-refractivity contribution in [3.05, 3.63) is 59.4 Å². The lowest BCUT2D eigenvalue weighted by Crippen LogP contribution is -2.40. The molecule has 0 saturated heterocycles. The second-order valence-corrected chi connectivity index (χ2v) is 6.96. The number of hydrogen-bond acceptors (Lipinski definition) is 1. The summed E-state index contributed by atoms with van der Waals surface area (Å²) in [5, 5.41) is 3.07. The molecule has 1 fully saturated rings. The normalized spacial score (nSPS) is 15.2. The first kappa shape index (κ1) is 16.7. The zero-order valence-corrected chi connectivity index (χ0v) is 14.7. The van der Waals surface area contributed by atoms with E-state index in [-0.39, 0.29) is 5.91 Å². The Kier molecular flexibility index (Phi) is 5.29. The summed E-state index contributed by atoms with van der Waals surface area (Å²) in [6.45, 7) is 4.41. The van der Waals surface area contributed by atoms with Gasteiger partial charge in [-0.3, -0.25) is 4.79 Å². The van der Waals surface area contributed by atoms with Crippen LogP contribution in [0, 0.1) is 13.8 Å². The maximum atomic E-state index is 12.4. The number of carbonyl (C=O) groups is 1. The first-order chi connectivity index (χ1) is 11.6. The molecule has 3 rings (SSSR count). The van der Waals surface area contributed by atoms with Gasteiger partial charge < -0.3 is 5.32 Å². The van der Waals surface area contributed by atoms with Crippen LogP contribution in [-0.2, 0) is 11.3 Å². The Labute approximate surface area is 144 Å². The Hall–Kier alpha value is -2.16. The fraction of sp³-hybridized carbons (Fsp3) is 0.429. The van der Waals surface area contributed by atoms with Gasteiger partial charge in [-0.15, -0.1) is 0 Å². The largest absolute Gasteiger partial charge is 0.320 e. The van der Waals surface area contributed by atoms with Gasteiger partial charge in [-0.25, -0.2) is 0 Å². The van der Waals surface area contributed by atoms with Gasteiger partial charge in [-0.2, -0.15) is 4.57 Å². The van der Waals surface area contributed by atoms with Gasteiger partial charge in [-0.05, 0) is 49.8 Å². The molecule has 0 atom stereocenters. The predicted octanol–water partition coefficient (Wildman–Crippen LogP) is 4.28. The van der Waals surface area contributed by atoms with Crippen LogP contribution in [0.5, 0.6) is 0 Å². The number of carbonyl (C=O) groups excluding carboxylic acids is 1. The molecule has 126 valence electrons. The number of rotatable bonds is 4. The van der Waals surface area contributed by atoms with Crippen molar-refractivity contribution < 1.29 is 9.36 Å². The summed E-state index contributed by atoms with van der Waals surface area (Å²) in [5.74, 6) is 0.686. The molecule has 3 heteroatoms. The van der Waals surface area contributed by atoms with Gasteiger partial charge in [0.25, 0.3) is 5.91 Å². The van der Waals surface area contributed by atoms with E-state index in [0.29, 0.717) is 12.5 Å². The number of aromatic nitrogens is 1. The van der Waals surface area contributed by atoms with E-state index in [1.165, 1.54) is 37.7 Å². The Morgan fingerprint density at radius 1 is 1.08 bits per heavy atom. The fourth-order valence-corrected chi connectivity index (χ4v) is 3.67. The Balaban J connectivity index is 1.68. The van der Waals surface area contributed by atoms with Crippen LogP contribution in [0.15, 0.2) is 42.7 Å². The number of para-hydroxylation sites is 1. The highest BCUT2D eigenvalue weighted by Crippen LogP contribution is 2.31. The number of anilines is 1. The van der Waals surface area contributed by atoms with E-state index in [1.807, 2.05) is 42.8 Å². The van der Waals surface area contributed by atoms with Crippen LogP contribution >= 0.6 is 0 Å². The summed E-state index contributed by atoms with van der Waals surface area (Å²) < 4.78 is 2.01. The number of aryl methyl sites for hydroxylation is 2. The van der Waals surface area contributed by atoms with E-state index in [2.05, 4.69) is 23.6 Å². The molecule has 1 aromatic carbocycles. The highest BCUT2D eigenvalue weighted by Gasteiger charge is 2.19. The molecule has 1 aromatic heterocycles. The highest BCUT2D eigenvalue weighted by atomic mass is 16.1. The van der Waals surface area contributed by atoms with Gasteiger partial charge >= 0.3 is 0 Å². The Morgan fingerprint density at radius 3 is 2.50 bits per heavy atom. The van der Waals surface area contributed by atoms with E-state index < -0.39 is 0 Å². The summed E-state index contributed by atoms with van der Waals surface area (Å²) in [7, 11) is 0. The minimum Gasteiger partial charge on any atom is -0.320 e. The molecule has 1 aliphatic rings. The minimum absolute atomic E-state index is 0.0261. The summed E-state index contributed by atoms with van der Waals surface area (Å²) in [6.07, 6.45) is 10.7. The van der Waals surface area contributed by atoms with Crippen molar-refractivity contribution in [3.8, 4) is 0 Å². The molecule has 1 saturated carbocycles. The van der Waals surface area contributed by atoms with Crippen molar-refractivity contribution in [2.45, 2.75) is 58.4 Å². The molecular formula is C21H27N2O+.